The molecule has 1 heterocycles. The lowest BCUT2D eigenvalue weighted by molar-refractivity contribution is 0.0697. The number of aryl methyl sites for hydroxylation is 1. The average Bonchev–Trinajstić information content (AvgIpc) is 2.24. The van der Waals surface area contributed by atoms with Gasteiger partial charge in [-0.3, -0.25) is 0 Å². The zero-order chi connectivity index (χ0) is 12.0. The van der Waals surface area contributed by atoms with Crippen LogP contribution in [0.2, 0.25) is 0 Å². The third-order valence-electron chi connectivity index (χ3n) is 2.19. The molecule has 0 aromatic carbocycles. The van der Waals surface area contributed by atoms with Crippen LogP contribution in [0.25, 0.3) is 0 Å². The molecule has 0 unspecified atom stereocenters. The number of ether oxygens (including phenoxy) is 1. The molecule has 0 atom stereocenters. The summed E-state index contributed by atoms with van der Waals surface area (Å²) in [5.41, 5.74) is 0.941. The predicted molar refractivity (Wildman–Crippen MR) is 60.9 cm³/mol. The molecule has 0 spiro atoms. The first kappa shape index (κ1) is 12.4. The van der Waals surface area contributed by atoms with Crippen LogP contribution in [0.3, 0.4) is 0 Å². The van der Waals surface area contributed by atoms with Gasteiger partial charge in [0, 0.05) is 26.5 Å². The average molecular weight is 224 g/mol. The van der Waals surface area contributed by atoms with Crippen LogP contribution in [0.5, 0.6) is 0 Å². The third kappa shape index (κ3) is 3.20. The normalized spacial score (nSPS) is 10.1. The quantitative estimate of drug-likeness (QED) is 0.717. The predicted octanol–water partition coefficient (Wildman–Crippen LogP) is 1.54. The van der Waals surface area contributed by atoms with Gasteiger partial charge in [-0.05, 0) is 25.0 Å². The lowest BCUT2D eigenvalue weighted by Crippen LogP contribution is -2.12. The fourth-order valence-electron chi connectivity index (χ4n) is 1.39. The van der Waals surface area contributed by atoms with Crippen molar-refractivity contribution in [2.45, 2.75) is 13.3 Å². The molecule has 5 nitrogen and oxygen atoms in total. The van der Waals surface area contributed by atoms with Crippen molar-refractivity contribution in [2.75, 3.05) is 25.6 Å². The summed E-state index contributed by atoms with van der Waals surface area (Å²) in [5.74, 6) is -0.538. The molecule has 0 bridgehead atoms. The Kier molecular flexibility index (Phi) is 4.72. The summed E-state index contributed by atoms with van der Waals surface area (Å²) in [4.78, 5) is 15.1. The Labute approximate surface area is 94.5 Å². The van der Waals surface area contributed by atoms with Gasteiger partial charge in [-0.1, -0.05) is 0 Å². The molecular formula is C11H16N2O3. The van der Waals surface area contributed by atoms with Crippen molar-refractivity contribution in [3.63, 3.8) is 0 Å². The minimum absolute atomic E-state index is 0.236. The van der Waals surface area contributed by atoms with Gasteiger partial charge in [0.2, 0.25) is 0 Å². The highest BCUT2D eigenvalue weighted by Crippen LogP contribution is 2.16. The lowest BCUT2D eigenvalue weighted by atomic mass is 10.1. The highest BCUT2D eigenvalue weighted by atomic mass is 16.5. The summed E-state index contributed by atoms with van der Waals surface area (Å²) < 4.78 is 4.90. The molecule has 1 aromatic rings. The molecule has 0 fully saturated rings. The first-order valence-corrected chi connectivity index (χ1v) is 5.08. The van der Waals surface area contributed by atoms with E-state index in [9.17, 15) is 4.79 Å². The summed E-state index contributed by atoms with van der Waals surface area (Å²) in [6.45, 7) is 3.04. The lowest BCUT2D eigenvalue weighted by Gasteiger charge is -2.09. The van der Waals surface area contributed by atoms with Crippen molar-refractivity contribution in [3.8, 4) is 0 Å². The van der Waals surface area contributed by atoms with Gasteiger partial charge >= 0.3 is 5.97 Å². The maximum Gasteiger partial charge on any atom is 0.339 e. The number of rotatable bonds is 6. The first-order valence-electron chi connectivity index (χ1n) is 5.08. The van der Waals surface area contributed by atoms with Crippen LogP contribution in [0.4, 0.5) is 5.82 Å². The molecule has 1 rings (SSSR count). The van der Waals surface area contributed by atoms with Crippen molar-refractivity contribution in [1.82, 2.24) is 4.98 Å². The molecular weight excluding hydrogens is 208 g/mol. The van der Waals surface area contributed by atoms with Crippen LogP contribution in [0.1, 0.15) is 22.3 Å². The Morgan fingerprint density at radius 3 is 3.00 bits per heavy atom. The second-order valence-electron chi connectivity index (χ2n) is 3.43. The van der Waals surface area contributed by atoms with Crippen molar-refractivity contribution in [3.05, 3.63) is 23.4 Å². The Hall–Kier alpha value is -1.62. The number of nitrogens with zero attached hydrogens (tertiary/aromatic N) is 1. The van der Waals surface area contributed by atoms with Gasteiger partial charge in [0.1, 0.15) is 11.4 Å². The number of carboxylic acids is 1. The zero-order valence-electron chi connectivity index (χ0n) is 9.49. The molecule has 0 aliphatic carbocycles. The number of carbonyl (C=O) groups is 1. The van der Waals surface area contributed by atoms with E-state index in [1.807, 2.05) is 0 Å². The van der Waals surface area contributed by atoms with Crippen LogP contribution < -0.4 is 5.32 Å². The summed E-state index contributed by atoms with van der Waals surface area (Å²) in [6, 6.07) is 1.68. The van der Waals surface area contributed by atoms with E-state index in [-0.39, 0.29) is 5.56 Å². The molecule has 2 N–H and O–H groups in total. The van der Waals surface area contributed by atoms with Crippen molar-refractivity contribution < 1.29 is 14.6 Å². The molecule has 0 amide bonds. The van der Waals surface area contributed by atoms with Crippen LogP contribution >= 0.6 is 0 Å². The number of aromatic carboxylic acids is 1. The SMILES string of the molecule is COCCCNc1nccc(C)c1C(=O)O. The van der Waals surface area contributed by atoms with Crippen LogP contribution in [0.15, 0.2) is 12.3 Å². The highest BCUT2D eigenvalue weighted by molar-refractivity contribution is 5.94. The Bertz CT molecular complexity index is 366. The van der Waals surface area contributed by atoms with Gasteiger partial charge in [-0.25, -0.2) is 9.78 Å². The van der Waals surface area contributed by atoms with E-state index in [1.54, 1.807) is 26.3 Å². The maximum atomic E-state index is 11.0. The maximum absolute atomic E-state index is 11.0. The summed E-state index contributed by atoms with van der Waals surface area (Å²) in [5, 5.41) is 12.0. The smallest absolute Gasteiger partial charge is 0.339 e. The van der Waals surface area contributed by atoms with Gasteiger partial charge < -0.3 is 15.2 Å². The molecule has 0 saturated heterocycles. The summed E-state index contributed by atoms with van der Waals surface area (Å²) in [6.07, 6.45) is 2.41. The van der Waals surface area contributed by atoms with Crippen LogP contribution in [0, 0.1) is 6.92 Å². The summed E-state index contributed by atoms with van der Waals surface area (Å²) in [7, 11) is 1.63. The third-order valence-corrected chi connectivity index (χ3v) is 2.19. The Morgan fingerprint density at radius 1 is 1.62 bits per heavy atom. The Morgan fingerprint density at radius 2 is 2.38 bits per heavy atom. The molecule has 88 valence electrons. The number of aromatic nitrogens is 1. The number of methoxy groups -OCH3 is 1. The molecule has 0 aliphatic heterocycles. The van der Waals surface area contributed by atoms with Gasteiger partial charge in [-0.15, -0.1) is 0 Å². The standard InChI is InChI=1S/C11H16N2O3/c1-8-4-6-13-10(9(8)11(14)15)12-5-3-7-16-2/h4,6H,3,5,7H2,1-2H3,(H,12,13)(H,14,15). The van der Waals surface area contributed by atoms with E-state index in [1.165, 1.54) is 0 Å². The second kappa shape index (κ2) is 6.07. The topological polar surface area (TPSA) is 71.5 Å². The summed E-state index contributed by atoms with van der Waals surface area (Å²) >= 11 is 0. The monoisotopic (exact) mass is 224 g/mol. The van der Waals surface area contributed by atoms with Gasteiger partial charge in [0.25, 0.3) is 0 Å². The van der Waals surface area contributed by atoms with Crippen LogP contribution in [-0.4, -0.2) is 36.3 Å². The molecule has 16 heavy (non-hydrogen) atoms. The molecule has 0 saturated carbocycles. The number of hydrogen-bond donors (Lipinski definition) is 2. The van der Waals surface area contributed by atoms with E-state index < -0.39 is 5.97 Å². The van der Waals surface area contributed by atoms with E-state index in [4.69, 9.17) is 9.84 Å². The van der Waals surface area contributed by atoms with Crippen molar-refractivity contribution in [1.29, 1.82) is 0 Å². The number of hydrogen-bond acceptors (Lipinski definition) is 4. The molecule has 5 heteroatoms. The minimum atomic E-state index is -0.958. The van der Waals surface area contributed by atoms with E-state index >= 15 is 0 Å². The second-order valence-corrected chi connectivity index (χ2v) is 3.43. The highest BCUT2D eigenvalue weighted by Gasteiger charge is 2.13. The minimum Gasteiger partial charge on any atom is -0.478 e. The molecule has 0 aliphatic rings. The molecule has 1 aromatic heterocycles. The van der Waals surface area contributed by atoms with E-state index in [0.29, 0.717) is 24.5 Å². The first-order chi connectivity index (χ1) is 7.66. The van der Waals surface area contributed by atoms with E-state index in [0.717, 1.165) is 6.42 Å². The number of carboxylic acid groups (broad SMARTS) is 1. The van der Waals surface area contributed by atoms with Crippen molar-refractivity contribution in [2.24, 2.45) is 0 Å². The van der Waals surface area contributed by atoms with Crippen LogP contribution in [-0.2, 0) is 4.74 Å². The number of anilines is 1. The molecule has 0 radical (unpaired) electrons. The van der Waals surface area contributed by atoms with E-state index in [2.05, 4.69) is 10.3 Å². The fourth-order valence-corrected chi connectivity index (χ4v) is 1.39. The zero-order valence-corrected chi connectivity index (χ0v) is 9.49. The van der Waals surface area contributed by atoms with Gasteiger partial charge in [0.05, 0.1) is 0 Å². The van der Waals surface area contributed by atoms with Gasteiger partial charge in [0.15, 0.2) is 0 Å². The largest absolute Gasteiger partial charge is 0.478 e. The fraction of sp³-hybridized carbons (Fsp3) is 0.455. The Balaban J connectivity index is 2.71. The number of pyridine rings is 1. The van der Waals surface area contributed by atoms with Crippen molar-refractivity contribution >= 4 is 11.8 Å². The number of nitrogens with one attached hydrogen (secondary N) is 1. The van der Waals surface area contributed by atoms with Gasteiger partial charge in [-0.2, -0.15) is 0 Å².